The maximum absolute atomic E-state index is 6.00. The molecule has 0 amide bonds. The van der Waals surface area contributed by atoms with Crippen LogP contribution in [0.15, 0.2) is 28.4 Å². The third-order valence-corrected chi connectivity index (χ3v) is 2.83. The van der Waals surface area contributed by atoms with Gasteiger partial charge in [0.25, 0.3) is 0 Å². The van der Waals surface area contributed by atoms with E-state index >= 15 is 0 Å². The minimum Gasteiger partial charge on any atom is -0.312 e. The van der Waals surface area contributed by atoms with Gasteiger partial charge in [-0.25, -0.2) is 0 Å². The highest BCUT2D eigenvalue weighted by Gasteiger charge is 2.06. The number of benzene rings is 1. The van der Waals surface area contributed by atoms with Crippen molar-refractivity contribution < 1.29 is 0 Å². The topological polar surface area (TPSA) is 34.6 Å². The number of imidazole rings is 1. The molecular formula is C12H15ClN4. The van der Waals surface area contributed by atoms with E-state index in [-0.39, 0.29) is 0 Å². The molecule has 0 aliphatic heterocycles. The number of rotatable bonds is 1. The van der Waals surface area contributed by atoms with Crippen LogP contribution in [0, 0.1) is 0 Å². The van der Waals surface area contributed by atoms with E-state index in [2.05, 4.69) is 10.2 Å². The molecule has 0 atom stereocenters. The van der Waals surface area contributed by atoms with Gasteiger partial charge in [-0.15, -0.1) is 5.10 Å². The molecule has 4 nitrogen and oxygen atoms in total. The van der Waals surface area contributed by atoms with Gasteiger partial charge in [0, 0.05) is 24.8 Å². The van der Waals surface area contributed by atoms with E-state index in [1.807, 2.05) is 55.3 Å². The van der Waals surface area contributed by atoms with Gasteiger partial charge in [0.05, 0.1) is 11.0 Å². The molecule has 0 N–H and O–H groups in total. The molecule has 0 saturated carbocycles. The third-order valence-electron chi connectivity index (χ3n) is 2.60. The molecular weight excluding hydrogens is 236 g/mol. The summed E-state index contributed by atoms with van der Waals surface area (Å²) >= 11 is 6.00. The summed E-state index contributed by atoms with van der Waals surface area (Å²) in [7, 11) is 3.92. The van der Waals surface area contributed by atoms with Gasteiger partial charge in [0.1, 0.15) is 0 Å². The molecule has 2 aromatic rings. The zero-order valence-electron chi connectivity index (χ0n) is 10.4. The molecule has 0 unspecified atom stereocenters. The monoisotopic (exact) mass is 250 g/mol. The normalized spacial score (nSPS) is 12.2. The van der Waals surface area contributed by atoms with Crippen molar-refractivity contribution in [2.45, 2.75) is 13.8 Å². The van der Waals surface area contributed by atoms with Crippen molar-refractivity contribution in [3.8, 4) is 0 Å². The molecule has 0 aliphatic rings. The number of hydrogen-bond donors (Lipinski definition) is 0. The first-order valence-electron chi connectivity index (χ1n) is 5.36. The predicted molar refractivity (Wildman–Crippen MR) is 71.2 cm³/mol. The largest absolute Gasteiger partial charge is 0.312 e. The van der Waals surface area contributed by atoms with E-state index < -0.39 is 0 Å². The van der Waals surface area contributed by atoms with Crippen molar-refractivity contribution in [1.82, 2.24) is 9.13 Å². The van der Waals surface area contributed by atoms with Crippen molar-refractivity contribution in [1.29, 1.82) is 0 Å². The predicted octanol–water partition coefficient (Wildman–Crippen LogP) is 2.47. The lowest BCUT2D eigenvalue weighted by Crippen LogP contribution is -2.21. The smallest absolute Gasteiger partial charge is 0.230 e. The number of fused-ring (bicyclic) bond motifs is 1. The van der Waals surface area contributed by atoms with Gasteiger partial charge < -0.3 is 9.13 Å². The fourth-order valence-corrected chi connectivity index (χ4v) is 1.93. The summed E-state index contributed by atoms with van der Waals surface area (Å²) in [4.78, 5) is 0. The maximum Gasteiger partial charge on any atom is 0.230 e. The van der Waals surface area contributed by atoms with Crippen LogP contribution in [0.4, 0.5) is 0 Å². The second-order valence-corrected chi connectivity index (χ2v) is 4.63. The van der Waals surface area contributed by atoms with Crippen LogP contribution < -0.4 is 5.62 Å². The molecule has 0 aliphatic carbocycles. The van der Waals surface area contributed by atoms with Gasteiger partial charge in [-0.1, -0.05) is 11.6 Å². The highest BCUT2D eigenvalue weighted by Crippen LogP contribution is 2.17. The fourth-order valence-electron chi connectivity index (χ4n) is 1.77. The molecule has 0 fully saturated rings. The Balaban J connectivity index is 2.82. The van der Waals surface area contributed by atoms with Crippen LogP contribution in [0.5, 0.6) is 0 Å². The first kappa shape index (κ1) is 11.9. The van der Waals surface area contributed by atoms with E-state index in [4.69, 9.17) is 11.6 Å². The number of hydrogen-bond acceptors (Lipinski definition) is 2. The van der Waals surface area contributed by atoms with Crippen LogP contribution in [0.25, 0.3) is 11.0 Å². The average Bonchev–Trinajstić information content (AvgIpc) is 2.49. The SMILES string of the molecule is CC(C)=NN=c1n(C)c2ccc(Cl)cc2n1C. The fraction of sp³-hybridized carbons (Fsp3) is 0.333. The van der Waals surface area contributed by atoms with Crippen molar-refractivity contribution in [3.63, 3.8) is 0 Å². The van der Waals surface area contributed by atoms with Gasteiger partial charge in [0.2, 0.25) is 5.62 Å². The van der Waals surface area contributed by atoms with Crippen molar-refractivity contribution in [2.24, 2.45) is 24.3 Å². The summed E-state index contributed by atoms with van der Waals surface area (Å²) in [5, 5.41) is 9.07. The molecule has 1 heterocycles. The molecule has 0 bridgehead atoms. The molecule has 17 heavy (non-hydrogen) atoms. The Kier molecular flexibility index (Phi) is 3.07. The van der Waals surface area contributed by atoms with Gasteiger partial charge in [-0.05, 0) is 32.0 Å². The molecule has 2 rings (SSSR count). The van der Waals surface area contributed by atoms with E-state index in [9.17, 15) is 0 Å². The second-order valence-electron chi connectivity index (χ2n) is 4.20. The summed E-state index contributed by atoms with van der Waals surface area (Å²) in [5.41, 5.74) is 3.85. The highest BCUT2D eigenvalue weighted by molar-refractivity contribution is 6.31. The molecule has 1 aromatic heterocycles. The Morgan fingerprint density at radius 2 is 1.76 bits per heavy atom. The molecule has 1 aromatic carbocycles. The van der Waals surface area contributed by atoms with Crippen LogP contribution in [0.3, 0.4) is 0 Å². The lowest BCUT2D eigenvalue weighted by Gasteiger charge is -1.94. The van der Waals surface area contributed by atoms with E-state index in [1.54, 1.807) is 0 Å². The number of halogens is 1. The summed E-state index contributed by atoms with van der Waals surface area (Å²) in [6, 6.07) is 5.79. The first-order chi connectivity index (χ1) is 8.00. The second kappa shape index (κ2) is 4.37. The molecule has 90 valence electrons. The Hall–Kier alpha value is -1.55. The zero-order valence-corrected chi connectivity index (χ0v) is 11.2. The Labute approximate surface area is 105 Å². The lowest BCUT2D eigenvalue weighted by atomic mass is 10.3. The molecule has 5 heteroatoms. The Bertz CT molecular complexity index is 657. The zero-order chi connectivity index (χ0) is 12.6. The van der Waals surface area contributed by atoms with Crippen molar-refractivity contribution >= 4 is 28.3 Å². The summed E-state index contributed by atoms with van der Waals surface area (Å²) < 4.78 is 3.98. The Morgan fingerprint density at radius 1 is 1.12 bits per heavy atom. The highest BCUT2D eigenvalue weighted by atomic mass is 35.5. The number of nitrogens with zero attached hydrogens (tertiary/aromatic N) is 4. The first-order valence-corrected chi connectivity index (χ1v) is 5.74. The van der Waals surface area contributed by atoms with E-state index in [0.29, 0.717) is 0 Å². The van der Waals surface area contributed by atoms with Crippen LogP contribution in [-0.2, 0) is 14.1 Å². The van der Waals surface area contributed by atoms with E-state index in [1.165, 1.54) is 0 Å². The van der Waals surface area contributed by atoms with Gasteiger partial charge in [-0.3, -0.25) is 0 Å². The van der Waals surface area contributed by atoms with Crippen molar-refractivity contribution in [2.75, 3.05) is 0 Å². The summed E-state index contributed by atoms with van der Waals surface area (Å²) in [6.07, 6.45) is 0. The van der Waals surface area contributed by atoms with Crippen LogP contribution in [-0.4, -0.2) is 14.8 Å². The average molecular weight is 251 g/mol. The maximum atomic E-state index is 6.00. The van der Waals surface area contributed by atoms with Gasteiger partial charge in [-0.2, -0.15) is 5.10 Å². The Morgan fingerprint density at radius 3 is 2.41 bits per heavy atom. The van der Waals surface area contributed by atoms with Crippen LogP contribution in [0.2, 0.25) is 5.02 Å². The third kappa shape index (κ3) is 2.13. The van der Waals surface area contributed by atoms with Gasteiger partial charge in [0.15, 0.2) is 0 Å². The van der Waals surface area contributed by atoms with Crippen LogP contribution in [0.1, 0.15) is 13.8 Å². The number of aromatic nitrogens is 2. The summed E-state index contributed by atoms with van der Waals surface area (Å²) in [5.74, 6) is 0. The molecule has 0 radical (unpaired) electrons. The van der Waals surface area contributed by atoms with Crippen LogP contribution >= 0.6 is 11.6 Å². The standard InChI is InChI=1S/C12H15ClN4/c1-8(2)14-15-12-16(3)10-6-5-9(13)7-11(10)17(12)4/h5-7H,1-4H3. The molecule has 0 spiro atoms. The van der Waals surface area contributed by atoms with Crippen molar-refractivity contribution in [3.05, 3.63) is 28.8 Å². The number of aryl methyl sites for hydroxylation is 2. The molecule has 0 saturated heterocycles. The lowest BCUT2D eigenvalue weighted by molar-refractivity contribution is 0.744. The van der Waals surface area contributed by atoms with E-state index in [0.717, 1.165) is 27.4 Å². The summed E-state index contributed by atoms with van der Waals surface area (Å²) in [6.45, 7) is 3.84. The minimum absolute atomic E-state index is 0.723. The van der Waals surface area contributed by atoms with Gasteiger partial charge >= 0.3 is 0 Å². The minimum atomic E-state index is 0.723. The quantitative estimate of drug-likeness (QED) is 0.551.